The van der Waals surface area contributed by atoms with Gasteiger partial charge in [-0.1, -0.05) is 63.9 Å². The standard InChI is InChI=1S/C17H30N2.C2H6/c1-4-5-9-13-19(16-15-18(2)3)14-12-17-10-7-6-8-11-17;1-2/h6-8,10-11H,4-5,9,12-16H2,1-3H3;1-2H3. The van der Waals surface area contributed by atoms with Crippen molar-refractivity contribution in [2.75, 3.05) is 40.3 Å². The van der Waals surface area contributed by atoms with E-state index in [2.05, 4.69) is 61.2 Å². The lowest BCUT2D eigenvalue weighted by Gasteiger charge is -2.24. The number of hydrogen-bond donors (Lipinski definition) is 0. The minimum absolute atomic E-state index is 1.15. The van der Waals surface area contributed by atoms with Crippen LogP contribution in [0, 0.1) is 0 Å². The third kappa shape index (κ3) is 11.5. The van der Waals surface area contributed by atoms with Gasteiger partial charge >= 0.3 is 0 Å². The fourth-order valence-corrected chi connectivity index (χ4v) is 2.19. The first-order chi connectivity index (χ1) is 10.2. The van der Waals surface area contributed by atoms with Crippen LogP contribution in [0.3, 0.4) is 0 Å². The van der Waals surface area contributed by atoms with Crippen LogP contribution in [0.5, 0.6) is 0 Å². The van der Waals surface area contributed by atoms with Gasteiger partial charge in [0.2, 0.25) is 0 Å². The molecule has 0 fully saturated rings. The quantitative estimate of drug-likeness (QED) is 0.593. The van der Waals surface area contributed by atoms with E-state index in [1.54, 1.807) is 0 Å². The normalized spacial score (nSPS) is 10.6. The van der Waals surface area contributed by atoms with Crippen LogP contribution in [0.15, 0.2) is 30.3 Å². The molecule has 1 aromatic carbocycles. The van der Waals surface area contributed by atoms with E-state index in [9.17, 15) is 0 Å². The third-order valence-corrected chi connectivity index (χ3v) is 3.50. The lowest BCUT2D eigenvalue weighted by Crippen LogP contribution is -2.34. The van der Waals surface area contributed by atoms with Crippen LogP contribution in [-0.4, -0.2) is 50.1 Å². The maximum atomic E-state index is 2.61. The first-order valence-electron chi connectivity index (χ1n) is 8.63. The van der Waals surface area contributed by atoms with Crippen molar-refractivity contribution in [3.8, 4) is 0 Å². The zero-order valence-corrected chi connectivity index (χ0v) is 14.9. The molecule has 2 heteroatoms. The Morgan fingerprint density at radius 1 is 0.810 bits per heavy atom. The lowest BCUT2D eigenvalue weighted by molar-refractivity contribution is 0.239. The third-order valence-electron chi connectivity index (χ3n) is 3.50. The minimum atomic E-state index is 1.15. The summed E-state index contributed by atoms with van der Waals surface area (Å²) in [5, 5.41) is 0. The Morgan fingerprint density at radius 2 is 1.48 bits per heavy atom. The van der Waals surface area contributed by atoms with Crippen LogP contribution in [0.1, 0.15) is 45.6 Å². The molecule has 1 aromatic rings. The molecule has 0 N–H and O–H groups in total. The monoisotopic (exact) mass is 292 g/mol. The molecule has 0 bridgehead atoms. The van der Waals surface area contributed by atoms with E-state index in [-0.39, 0.29) is 0 Å². The highest BCUT2D eigenvalue weighted by atomic mass is 15.2. The van der Waals surface area contributed by atoms with Crippen molar-refractivity contribution in [3.63, 3.8) is 0 Å². The van der Waals surface area contributed by atoms with Crippen LogP contribution in [-0.2, 0) is 6.42 Å². The molecule has 1 rings (SSSR count). The van der Waals surface area contributed by atoms with Gasteiger partial charge in [-0.25, -0.2) is 0 Å². The first kappa shape index (κ1) is 20.1. The average molecular weight is 293 g/mol. The topological polar surface area (TPSA) is 6.48 Å². The molecule has 0 unspecified atom stereocenters. The van der Waals surface area contributed by atoms with Gasteiger partial charge in [0.1, 0.15) is 0 Å². The smallest absolute Gasteiger partial charge is 0.0109 e. The Hall–Kier alpha value is -0.860. The molecule has 21 heavy (non-hydrogen) atoms. The van der Waals surface area contributed by atoms with Gasteiger partial charge in [0.25, 0.3) is 0 Å². The summed E-state index contributed by atoms with van der Waals surface area (Å²) < 4.78 is 0. The second-order valence-corrected chi connectivity index (χ2v) is 5.59. The molecule has 0 saturated carbocycles. The predicted octanol–water partition coefficient (Wildman–Crippen LogP) is 4.31. The van der Waals surface area contributed by atoms with Gasteiger partial charge in [-0.2, -0.15) is 0 Å². The second-order valence-electron chi connectivity index (χ2n) is 5.59. The predicted molar refractivity (Wildman–Crippen MR) is 96.0 cm³/mol. The van der Waals surface area contributed by atoms with Crippen LogP contribution < -0.4 is 0 Å². The zero-order chi connectivity index (χ0) is 15.9. The number of unbranched alkanes of at least 4 members (excludes halogenated alkanes) is 2. The lowest BCUT2D eigenvalue weighted by atomic mass is 10.1. The molecule has 2 nitrogen and oxygen atoms in total. The van der Waals surface area contributed by atoms with Crippen molar-refractivity contribution in [1.29, 1.82) is 0 Å². The molecule has 0 aliphatic carbocycles. The molecule has 0 atom stereocenters. The Bertz CT molecular complexity index is 309. The van der Waals surface area contributed by atoms with Gasteiger partial charge in [-0.3, -0.25) is 0 Å². The Morgan fingerprint density at radius 3 is 2.05 bits per heavy atom. The molecular formula is C19H36N2. The first-order valence-corrected chi connectivity index (χ1v) is 8.63. The molecule has 0 saturated heterocycles. The Kier molecular flexibility index (Phi) is 13.5. The van der Waals surface area contributed by atoms with Crippen LogP contribution in [0.25, 0.3) is 0 Å². The van der Waals surface area contributed by atoms with E-state index in [1.165, 1.54) is 50.9 Å². The van der Waals surface area contributed by atoms with E-state index >= 15 is 0 Å². The van der Waals surface area contributed by atoms with Crippen molar-refractivity contribution in [3.05, 3.63) is 35.9 Å². The number of rotatable bonds is 10. The van der Waals surface area contributed by atoms with Crippen molar-refractivity contribution < 1.29 is 0 Å². The number of benzene rings is 1. The summed E-state index contributed by atoms with van der Waals surface area (Å²) in [4.78, 5) is 4.89. The molecule has 0 aliphatic rings. The summed E-state index contributed by atoms with van der Waals surface area (Å²) in [5.41, 5.74) is 1.45. The maximum absolute atomic E-state index is 2.61. The largest absolute Gasteiger partial charge is 0.308 e. The number of hydrogen-bond acceptors (Lipinski definition) is 2. The highest BCUT2D eigenvalue weighted by molar-refractivity contribution is 5.14. The summed E-state index contributed by atoms with van der Waals surface area (Å²) in [5.74, 6) is 0. The van der Waals surface area contributed by atoms with Crippen LogP contribution >= 0.6 is 0 Å². The van der Waals surface area contributed by atoms with E-state index in [4.69, 9.17) is 0 Å². The van der Waals surface area contributed by atoms with Crippen LogP contribution in [0.4, 0.5) is 0 Å². The summed E-state index contributed by atoms with van der Waals surface area (Å²) in [7, 11) is 4.31. The van der Waals surface area contributed by atoms with Crippen molar-refractivity contribution in [2.45, 2.75) is 46.5 Å². The van der Waals surface area contributed by atoms with E-state index < -0.39 is 0 Å². The van der Waals surface area contributed by atoms with Crippen molar-refractivity contribution in [2.24, 2.45) is 0 Å². The van der Waals surface area contributed by atoms with Gasteiger partial charge in [0, 0.05) is 19.6 Å². The molecule has 0 aromatic heterocycles. The number of nitrogens with zero attached hydrogens (tertiary/aromatic N) is 2. The molecule has 0 amide bonds. The SMILES string of the molecule is CC.CCCCCN(CCc1ccccc1)CCN(C)C. The summed E-state index contributed by atoms with van der Waals surface area (Å²) in [6, 6.07) is 10.8. The maximum Gasteiger partial charge on any atom is 0.0109 e. The molecule has 0 spiro atoms. The summed E-state index contributed by atoms with van der Waals surface area (Å²) in [6.07, 6.45) is 5.16. The van der Waals surface area contributed by atoms with Gasteiger partial charge in [0.05, 0.1) is 0 Å². The minimum Gasteiger partial charge on any atom is -0.308 e. The zero-order valence-electron chi connectivity index (χ0n) is 14.9. The van der Waals surface area contributed by atoms with Gasteiger partial charge in [-0.15, -0.1) is 0 Å². The average Bonchev–Trinajstić information content (AvgIpc) is 2.52. The molecular weight excluding hydrogens is 256 g/mol. The van der Waals surface area contributed by atoms with E-state index in [0.717, 1.165) is 6.54 Å². The highest BCUT2D eigenvalue weighted by Gasteiger charge is 2.05. The Labute approximate surface area is 133 Å². The fraction of sp³-hybridized carbons (Fsp3) is 0.684. The Balaban J connectivity index is 0.00000191. The fourth-order valence-electron chi connectivity index (χ4n) is 2.19. The van der Waals surface area contributed by atoms with Gasteiger partial charge in [0.15, 0.2) is 0 Å². The summed E-state index contributed by atoms with van der Waals surface area (Å²) >= 11 is 0. The summed E-state index contributed by atoms with van der Waals surface area (Å²) in [6.45, 7) is 11.0. The molecule has 0 heterocycles. The molecule has 0 radical (unpaired) electrons. The van der Waals surface area contributed by atoms with Gasteiger partial charge < -0.3 is 9.80 Å². The van der Waals surface area contributed by atoms with E-state index in [0.29, 0.717) is 0 Å². The molecule has 0 aliphatic heterocycles. The van der Waals surface area contributed by atoms with Crippen molar-refractivity contribution in [1.82, 2.24) is 9.80 Å². The van der Waals surface area contributed by atoms with Crippen molar-refractivity contribution >= 4 is 0 Å². The number of likely N-dealkylation sites (N-methyl/N-ethyl adjacent to an activating group) is 1. The second kappa shape index (κ2) is 14.1. The van der Waals surface area contributed by atoms with Crippen LogP contribution in [0.2, 0.25) is 0 Å². The van der Waals surface area contributed by atoms with E-state index in [1.807, 2.05) is 13.8 Å². The highest BCUT2D eigenvalue weighted by Crippen LogP contribution is 2.04. The molecule has 122 valence electrons. The van der Waals surface area contributed by atoms with Gasteiger partial charge in [-0.05, 0) is 39.0 Å².